The van der Waals surface area contributed by atoms with Crippen LogP contribution in [0.25, 0.3) is 0 Å². The molecule has 1 N–H and O–H groups in total. The van der Waals surface area contributed by atoms with E-state index in [1.165, 1.54) is 25.3 Å². The smallest absolute Gasteiger partial charge is 0.264 e. The molecule has 0 aliphatic carbocycles. The summed E-state index contributed by atoms with van der Waals surface area (Å²) in [6, 6.07) is 14.8. The van der Waals surface area contributed by atoms with Crippen molar-refractivity contribution >= 4 is 21.6 Å². The number of anilines is 1. The Kier molecular flexibility index (Phi) is 5.18. The summed E-state index contributed by atoms with van der Waals surface area (Å²) in [6.45, 7) is 3.79. The van der Waals surface area contributed by atoms with E-state index in [4.69, 9.17) is 0 Å². The Labute approximate surface area is 136 Å². The highest BCUT2D eigenvalue weighted by atomic mass is 32.2. The maximum Gasteiger partial charge on any atom is 0.264 e. The molecule has 0 aromatic heterocycles. The van der Waals surface area contributed by atoms with E-state index in [9.17, 15) is 13.2 Å². The lowest BCUT2D eigenvalue weighted by molar-refractivity contribution is 0.0954. The van der Waals surface area contributed by atoms with Crippen LogP contribution in [0.3, 0.4) is 0 Å². The van der Waals surface area contributed by atoms with Crippen LogP contribution in [0.1, 0.15) is 10.4 Å². The number of amides is 1. The van der Waals surface area contributed by atoms with Gasteiger partial charge in [-0.05, 0) is 24.3 Å². The lowest BCUT2D eigenvalue weighted by Gasteiger charge is -2.21. The SMILES string of the molecule is C=CCNC(=O)c1ccccc1S(=O)(=O)N(C)c1ccccc1. The van der Waals surface area contributed by atoms with Crippen LogP contribution in [-0.4, -0.2) is 27.9 Å². The summed E-state index contributed by atoms with van der Waals surface area (Å²) < 4.78 is 26.9. The van der Waals surface area contributed by atoms with Gasteiger partial charge in [-0.15, -0.1) is 6.58 Å². The van der Waals surface area contributed by atoms with Crippen LogP contribution < -0.4 is 9.62 Å². The monoisotopic (exact) mass is 330 g/mol. The molecular weight excluding hydrogens is 312 g/mol. The Morgan fingerprint density at radius 2 is 1.74 bits per heavy atom. The van der Waals surface area contributed by atoms with Crippen LogP contribution in [0.15, 0.2) is 72.1 Å². The molecule has 6 heteroatoms. The number of carbonyl (C=O) groups is 1. The number of sulfonamides is 1. The fourth-order valence-electron chi connectivity index (χ4n) is 2.06. The Morgan fingerprint density at radius 3 is 2.39 bits per heavy atom. The summed E-state index contributed by atoms with van der Waals surface area (Å²) in [5.41, 5.74) is 0.630. The zero-order valence-corrected chi connectivity index (χ0v) is 13.6. The highest BCUT2D eigenvalue weighted by Crippen LogP contribution is 2.24. The predicted molar refractivity (Wildman–Crippen MR) is 91.0 cm³/mol. The highest BCUT2D eigenvalue weighted by Gasteiger charge is 2.26. The number of benzene rings is 2. The van der Waals surface area contributed by atoms with Gasteiger partial charge in [0.05, 0.1) is 11.3 Å². The van der Waals surface area contributed by atoms with Crippen molar-refractivity contribution in [3.05, 3.63) is 72.8 Å². The Hall–Kier alpha value is -2.60. The number of hydrogen-bond donors (Lipinski definition) is 1. The van der Waals surface area contributed by atoms with Crippen molar-refractivity contribution in [3.63, 3.8) is 0 Å². The molecule has 0 fully saturated rings. The van der Waals surface area contributed by atoms with E-state index < -0.39 is 15.9 Å². The molecule has 23 heavy (non-hydrogen) atoms. The second-order valence-electron chi connectivity index (χ2n) is 4.80. The standard InChI is InChI=1S/C17H18N2O3S/c1-3-13-18-17(20)15-11-7-8-12-16(15)23(21,22)19(2)14-9-5-4-6-10-14/h3-12H,1,13H2,2H3,(H,18,20). The van der Waals surface area contributed by atoms with Crippen molar-refractivity contribution in [3.8, 4) is 0 Å². The highest BCUT2D eigenvalue weighted by molar-refractivity contribution is 7.92. The van der Waals surface area contributed by atoms with Crippen LogP contribution in [0, 0.1) is 0 Å². The van der Waals surface area contributed by atoms with E-state index in [1.807, 2.05) is 0 Å². The zero-order chi connectivity index (χ0) is 16.9. The van der Waals surface area contributed by atoms with Gasteiger partial charge in [0, 0.05) is 13.6 Å². The molecule has 2 rings (SSSR count). The molecular formula is C17H18N2O3S. The number of hydrogen-bond acceptors (Lipinski definition) is 3. The first-order chi connectivity index (χ1) is 11.0. The third-order valence-corrected chi connectivity index (χ3v) is 5.14. The summed E-state index contributed by atoms with van der Waals surface area (Å²) in [5.74, 6) is -0.453. The van der Waals surface area contributed by atoms with Gasteiger partial charge in [-0.3, -0.25) is 9.10 Å². The second-order valence-corrected chi connectivity index (χ2v) is 6.74. The average molecular weight is 330 g/mol. The molecule has 0 radical (unpaired) electrons. The van der Waals surface area contributed by atoms with Crippen LogP contribution in [0.2, 0.25) is 0 Å². The molecule has 5 nitrogen and oxygen atoms in total. The molecule has 0 unspecified atom stereocenters. The fourth-order valence-corrected chi connectivity index (χ4v) is 3.45. The molecule has 0 aliphatic rings. The lowest BCUT2D eigenvalue weighted by Crippen LogP contribution is -2.30. The van der Waals surface area contributed by atoms with E-state index in [1.54, 1.807) is 42.5 Å². The van der Waals surface area contributed by atoms with Crippen molar-refractivity contribution in [2.75, 3.05) is 17.9 Å². The lowest BCUT2D eigenvalue weighted by atomic mass is 10.2. The van der Waals surface area contributed by atoms with Gasteiger partial charge in [0.1, 0.15) is 4.90 Å². The fraction of sp³-hybridized carbons (Fsp3) is 0.118. The van der Waals surface area contributed by atoms with E-state index in [0.29, 0.717) is 5.69 Å². The summed E-state index contributed by atoms with van der Waals surface area (Å²) in [6.07, 6.45) is 1.53. The van der Waals surface area contributed by atoms with Crippen LogP contribution >= 0.6 is 0 Å². The Morgan fingerprint density at radius 1 is 1.13 bits per heavy atom. The maximum absolute atomic E-state index is 12.9. The topological polar surface area (TPSA) is 66.5 Å². The number of nitrogens with zero attached hydrogens (tertiary/aromatic N) is 1. The van der Waals surface area contributed by atoms with E-state index in [-0.39, 0.29) is 17.0 Å². The van der Waals surface area contributed by atoms with Gasteiger partial charge in [-0.25, -0.2) is 8.42 Å². The van der Waals surface area contributed by atoms with Crippen LogP contribution in [-0.2, 0) is 10.0 Å². The van der Waals surface area contributed by atoms with Gasteiger partial charge >= 0.3 is 0 Å². The minimum Gasteiger partial charge on any atom is -0.349 e. The number of carbonyl (C=O) groups excluding carboxylic acids is 1. The molecule has 1 amide bonds. The quantitative estimate of drug-likeness (QED) is 0.827. The van der Waals surface area contributed by atoms with Crippen LogP contribution in [0.4, 0.5) is 5.69 Å². The van der Waals surface area contributed by atoms with Crippen molar-refractivity contribution in [1.29, 1.82) is 0 Å². The van der Waals surface area contributed by atoms with Gasteiger partial charge < -0.3 is 5.32 Å². The molecule has 0 heterocycles. The summed E-state index contributed by atoms with van der Waals surface area (Å²) in [4.78, 5) is 12.2. The first kappa shape index (κ1) is 16.8. The average Bonchev–Trinajstić information content (AvgIpc) is 2.59. The Balaban J connectivity index is 2.44. The third kappa shape index (κ3) is 3.60. The van der Waals surface area contributed by atoms with Crippen molar-refractivity contribution in [2.45, 2.75) is 4.90 Å². The largest absolute Gasteiger partial charge is 0.349 e. The zero-order valence-electron chi connectivity index (χ0n) is 12.8. The van der Waals surface area contributed by atoms with Gasteiger partial charge in [0.15, 0.2) is 0 Å². The molecule has 120 valence electrons. The first-order valence-electron chi connectivity index (χ1n) is 7.00. The van der Waals surface area contributed by atoms with Crippen LogP contribution in [0.5, 0.6) is 0 Å². The normalized spacial score (nSPS) is 10.8. The molecule has 2 aromatic carbocycles. The third-order valence-electron chi connectivity index (χ3n) is 3.30. The minimum absolute atomic E-state index is 0.0343. The van der Waals surface area contributed by atoms with Gasteiger partial charge in [0.25, 0.3) is 15.9 Å². The van der Waals surface area contributed by atoms with Crippen molar-refractivity contribution in [2.24, 2.45) is 0 Å². The van der Waals surface area contributed by atoms with Gasteiger partial charge in [-0.2, -0.15) is 0 Å². The predicted octanol–water partition coefficient (Wildman–Crippen LogP) is 2.43. The molecule has 2 aromatic rings. The van der Waals surface area contributed by atoms with Crippen molar-refractivity contribution < 1.29 is 13.2 Å². The van der Waals surface area contributed by atoms with E-state index in [0.717, 1.165) is 4.31 Å². The van der Waals surface area contributed by atoms with Gasteiger partial charge in [-0.1, -0.05) is 36.4 Å². The number of nitrogens with one attached hydrogen (secondary N) is 1. The number of rotatable bonds is 6. The molecule has 0 bridgehead atoms. The summed E-state index contributed by atoms with van der Waals surface area (Å²) >= 11 is 0. The van der Waals surface area contributed by atoms with Gasteiger partial charge in [0.2, 0.25) is 0 Å². The minimum atomic E-state index is -3.85. The number of para-hydroxylation sites is 1. The Bertz CT molecular complexity index is 802. The maximum atomic E-state index is 12.9. The molecule has 0 saturated carbocycles. The summed E-state index contributed by atoms with van der Waals surface area (Å²) in [7, 11) is -2.38. The van der Waals surface area contributed by atoms with E-state index >= 15 is 0 Å². The summed E-state index contributed by atoms with van der Waals surface area (Å²) in [5, 5.41) is 2.60. The molecule has 0 spiro atoms. The molecule has 0 atom stereocenters. The molecule has 0 saturated heterocycles. The van der Waals surface area contributed by atoms with Crippen molar-refractivity contribution in [1.82, 2.24) is 5.32 Å². The van der Waals surface area contributed by atoms with E-state index in [2.05, 4.69) is 11.9 Å². The first-order valence-corrected chi connectivity index (χ1v) is 8.44. The second kappa shape index (κ2) is 7.11. The molecule has 0 aliphatic heterocycles.